The smallest absolute Gasteiger partial charge is 0.321 e. The predicted molar refractivity (Wildman–Crippen MR) is 122 cm³/mol. The van der Waals surface area contributed by atoms with Crippen LogP contribution in [0, 0.1) is 23.2 Å². The summed E-state index contributed by atoms with van der Waals surface area (Å²) in [6, 6.07) is 6.51. The first-order valence-electron chi connectivity index (χ1n) is 11.6. The Morgan fingerprint density at radius 3 is 2.91 bits per heavy atom. The highest BCUT2D eigenvalue weighted by molar-refractivity contribution is 5.92. The number of Topliss-reactive ketones (excluding diaryl/α,β-unsaturated/α-hetero) is 1. The normalized spacial score (nSPS) is 20.5. The van der Waals surface area contributed by atoms with E-state index in [0.29, 0.717) is 24.9 Å². The molecule has 1 saturated carbocycles. The molecule has 4 heterocycles. The summed E-state index contributed by atoms with van der Waals surface area (Å²) in [5.41, 5.74) is 2.22. The van der Waals surface area contributed by atoms with E-state index in [1.807, 2.05) is 13.0 Å². The summed E-state index contributed by atoms with van der Waals surface area (Å²) in [5.74, 6) is 1.24. The zero-order valence-electron chi connectivity index (χ0n) is 18.7. The van der Waals surface area contributed by atoms with Crippen LogP contribution in [0.1, 0.15) is 61.1 Å². The van der Waals surface area contributed by atoms with E-state index >= 15 is 0 Å². The molecular formula is C24H27N7O2. The van der Waals surface area contributed by atoms with Crippen LogP contribution in [0.3, 0.4) is 0 Å². The van der Waals surface area contributed by atoms with Crippen molar-refractivity contribution in [1.82, 2.24) is 24.9 Å². The molecule has 3 aromatic rings. The lowest BCUT2D eigenvalue weighted by Crippen LogP contribution is -2.34. The van der Waals surface area contributed by atoms with Crippen LogP contribution < -0.4 is 9.64 Å². The van der Waals surface area contributed by atoms with E-state index in [2.05, 4.69) is 48.2 Å². The van der Waals surface area contributed by atoms with Crippen molar-refractivity contribution in [3.8, 4) is 12.1 Å². The summed E-state index contributed by atoms with van der Waals surface area (Å²) in [4.78, 5) is 35.6. The van der Waals surface area contributed by atoms with E-state index in [1.54, 1.807) is 6.20 Å². The Kier molecular flexibility index (Phi) is 5.90. The number of ketones is 1. The van der Waals surface area contributed by atoms with Crippen LogP contribution >= 0.6 is 0 Å². The first-order valence-corrected chi connectivity index (χ1v) is 11.6. The van der Waals surface area contributed by atoms with Gasteiger partial charge in [0.1, 0.15) is 5.65 Å². The number of hydrogen-bond donors (Lipinski definition) is 1. The molecule has 5 rings (SSSR count). The Labute approximate surface area is 192 Å². The lowest BCUT2D eigenvalue weighted by atomic mass is 9.89. The molecule has 2 aliphatic rings. The molecule has 0 bridgehead atoms. The number of fused-ring (bicyclic) bond motifs is 1. The first-order chi connectivity index (χ1) is 16.2. The van der Waals surface area contributed by atoms with Crippen molar-refractivity contribution in [1.29, 1.82) is 5.26 Å². The number of ether oxygens (including phenoxy) is 1. The summed E-state index contributed by atoms with van der Waals surface area (Å²) in [6.45, 7) is 3.90. The number of aromatic nitrogens is 5. The quantitative estimate of drug-likeness (QED) is 0.522. The van der Waals surface area contributed by atoms with Gasteiger partial charge in [0.15, 0.2) is 5.78 Å². The highest BCUT2D eigenvalue weighted by atomic mass is 16.5. The van der Waals surface area contributed by atoms with Gasteiger partial charge in [-0.2, -0.15) is 20.2 Å². The van der Waals surface area contributed by atoms with E-state index in [1.165, 1.54) is 10.9 Å². The Hall–Kier alpha value is -3.54. The monoisotopic (exact) mass is 445 g/mol. The van der Waals surface area contributed by atoms with Crippen molar-refractivity contribution < 1.29 is 9.53 Å². The zero-order valence-corrected chi connectivity index (χ0v) is 18.7. The minimum atomic E-state index is -0.103. The maximum absolute atomic E-state index is 12.5. The number of aromatic amines is 1. The van der Waals surface area contributed by atoms with Gasteiger partial charge in [-0.25, -0.2) is 4.98 Å². The molecule has 1 aliphatic carbocycles. The van der Waals surface area contributed by atoms with Crippen LogP contribution in [0.25, 0.3) is 11.0 Å². The van der Waals surface area contributed by atoms with E-state index in [-0.39, 0.29) is 29.5 Å². The van der Waals surface area contributed by atoms with Gasteiger partial charge in [0.05, 0.1) is 18.6 Å². The standard InChI is InChI=1S/C24H27N7O2/c1-2-4-20(32)22-28-23(30-24(29-22)33-14-17-11-16(17)12-25)31-9-6-15(7-10-31)19-13-27-21-18(19)5-3-8-26-21/h3,5,8,13,15-17H,2,4,6-7,9-11,14H2,1H3,(H,26,27)/t16-,17+/m0/s1. The van der Waals surface area contributed by atoms with Gasteiger partial charge in [0.25, 0.3) is 0 Å². The fourth-order valence-electron chi connectivity index (χ4n) is 4.49. The molecule has 2 fully saturated rings. The number of nitriles is 1. The highest BCUT2D eigenvalue weighted by Crippen LogP contribution is 2.38. The molecule has 2 atom stereocenters. The average molecular weight is 446 g/mol. The van der Waals surface area contributed by atoms with Gasteiger partial charge in [-0.15, -0.1) is 0 Å². The topological polar surface area (TPSA) is 121 Å². The van der Waals surface area contributed by atoms with Crippen molar-refractivity contribution in [2.24, 2.45) is 11.8 Å². The van der Waals surface area contributed by atoms with Gasteiger partial charge in [-0.3, -0.25) is 4.79 Å². The third kappa shape index (κ3) is 4.51. The molecule has 0 amide bonds. The number of anilines is 1. The SMILES string of the molecule is CCCC(=O)c1nc(OC[C@H]2C[C@H]2C#N)nc(N2CCC(c3c[nH]c4ncccc34)CC2)n1. The molecule has 0 radical (unpaired) electrons. The second-order valence-corrected chi connectivity index (χ2v) is 8.86. The summed E-state index contributed by atoms with van der Waals surface area (Å²) in [5, 5.41) is 10.2. The number of hydrogen-bond acceptors (Lipinski definition) is 8. The number of nitrogens with one attached hydrogen (secondary N) is 1. The summed E-state index contributed by atoms with van der Waals surface area (Å²) >= 11 is 0. The molecule has 0 spiro atoms. The first kappa shape index (κ1) is 21.3. The minimum Gasteiger partial charge on any atom is -0.463 e. The lowest BCUT2D eigenvalue weighted by Gasteiger charge is -2.32. The van der Waals surface area contributed by atoms with E-state index in [0.717, 1.165) is 44.4 Å². The van der Waals surface area contributed by atoms with Gasteiger partial charge in [-0.05, 0) is 49.3 Å². The lowest BCUT2D eigenvalue weighted by molar-refractivity contribution is 0.0969. The van der Waals surface area contributed by atoms with Gasteiger partial charge in [0.2, 0.25) is 11.8 Å². The highest BCUT2D eigenvalue weighted by Gasteiger charge is 2.38. The molecule has 3 aromatic heterocycles. The molecule has 9 nitrogen and oxygen atoms in total. The number of carbonyl (C=O) groups excluding carboxylic acids is 1. The maximum atomic E-state index is 12.5. The third-order valence-electron chi connectivity index (χ3n) is 6.55. The van der Waals surface area contributed by atoms with Crippen molar-refractivity contribution in [2.75, 3.05) is 24.6 Å². The third-order valence-corrected chi connectivity index (χ3v) is 6.55. The Bertz CT molecular complexity index is 1190. The molecule has 0 aromatic carbocycles. The summed E-state index contributed by atoms with van der Waals surface area (Å²) in [7, 11) is 0. The number of carbonyl (C=O) groups is 1. The second-order valence-electron chi connectivity index (χ2n) is 8.86. The molecule has 33 heavy (non-hydrogen) atoms. The Morgan fingerprint density at radius 2 is 2.15 bits per heavy atom. The van der Waals surface area contributed by atoms with Crippen LogP contribution in [-0.2, 0) is 0 Å². The summed E-state index contributed by atoms with van der Waals surface area (Å²) in [6.07, 6.45) is 7.73. The molecule has 9 heteroatoms. The number of rotatable bonds is 8. The van der Waals surface area contributed by atoms with Crippen molar-refractivity contribution in [3.63, 3.8) is 0 Å². The fraction of sp³-hybridized carbons (Fsp3) is 0.500. The number of nitrogens with zero attached hydrogens (tertiary/aromatic N) is 6. The number of piperidine rings is 1. The zero-order chi connectivity index (χ0) is 22.8. The number of pyridine rings is 1. The van der Waals surface area contributed by atoms with Gasteiger partial charge in [-0.1, -0.05) is 6.92 Å². The van der Waals surface area contributed by atoms with Gasteiger partial charge >= 0.3 is 6.01 Å². The Morgan fingerprint density at radius 1 is 1.30 bits per heavy atom. The van der Waals surface area contributed by atoms with E-state index < -0.39 is 0 Å². The molecule has 1 N–H and O–H groups in total. The van der Waals surface area contributed by atoms with Crippen molar-refractivity contribution >= 4 is 22.8 Å². The Balaban J connectivity index is 1.31. The largest absolute Gasteiger partial charge is 0.463 e. The van der Waals surface area contributed by atoms with Crippen LogP contribution in [0.5, 0.6) is 6.01 Å². The van der Waals surface area contributed by atoms with Crippen LogP contribution in [0.2, 0.25) is 0 Å². The van der Waals surface area contributed by atoms with Gasteiger partial charge < -0.3 is 14.6 Å². The van der Waals surface area contributed by atoms with Crippen molar-refractivity contribution in [3.05, 3.63) is 35.9 Å². The van der Waals surface area contributed by atoms with Crippen molar-refractivity contribution in [2.45, 2.75) is 44.9 Å². The van der Waals surface area contributed by atoms with Crippen LogP contribution in [0.15, 0.2) is 24.5 Å². The molecule has 0 unspecified atom stereocenters. The molecule has 170 valence electrons. The average Bonchev–Trinajstić information content (AvgIpc) is 3.50. The maximum Gasteiger partial charge on any atom is 0.321 e. The number of H-pyrrole nitrogens is 1. The van der Waals surface area contributed by atoms with Crippen LogP contribution in [0.4, 0.5) is 5.95 Å². The second kappa shape index (κ2) is 9.14. The fourth-order valence-corrected chi connectivity index (χ4v) is 4.49. The van der Waals surface area contributed by atoms with Gasteiger partial charge in [0, 0.05) is 43.2 Å². The molecular weight excluding hydrogens is 418 g/mol. The van der Waals surface area contributed by atoms with Crippen LogP contribution in [-0.4, -0.2) is 50.4 Å². The molecule has 1 aliphatic heterocycles. The van der Waals surface area contributed by atoms with E-state index in [9.17, 15) is 4.79 Å². The van der Waals surface area contributed by atoms with E-state index in [4.69, 9.17) is 10.00 Å². The predicted octanol–water partition coefficient (Wildman–Crippen LogP) is 3.65. The summed E-state index contributed by atoms with van der Waals surface area (Å²) < 4.78 is 5.79. The molecule has 1 saturated heterocycles. The minimum absolute atomic E-state index is 0.0474.